The number of benzene rings is 2. The van der Waals surface area contributed by atoms with Crippen molar-refractivity contribution in [2.45, 2.75) is 25.0 Å². The molecule has 0 aliphatic carbocycles. The normalized spacial score (nSPS) is 15.9. The van der Waals surface area contributed by atoms with E-state index in [0.717, 1.165) is 11.1 Å². The molecule has 1 aliphatic heterocycles. The molecule has 0 spiro atoms. The van der Waals surface area contributed by atoms with Crippen LogP contribution in [0.4, 0.5) is 0 Å². The van der Waals surface area contributed by atoms with Crippen molar-refractivity contribution in [3.8, 4) is 11.1 Å². The minimum Gasteiger partial charge on any atom is -0.468 e. The molecule has 1 heterocycles. The number of aryl methyl sites for hydroxylation is 1. The van der Waals surface area contributed by atoms with Crippen LogP contribution in [0.3, 0.4) is 0 Å². The summed E-state index contributed by atoms with van der Waals surface area (Å²) in [6.07, 6.45) is 2.59. The van der Waals surface area contributed by atoms with Crippen LogP contribution in [0.1, 0.15) is 24.0 Å². The molecule has 1 atom stereocenters. The van der Waals surface area contributed by atoms with Crippen molar-refractivity contribution in [1.82, 2.24) is 4.31 Å². The third-order valence-corrected chi connectivity index (χ3v) is 7.82. The molecule has 2 aromatic carbocycles. The molecule has 1 aliphatic rings. The van der Waals surface area contributed by atoms with Gasteiger partial charge < -0.3 is 9.47 Å². The minimum absolute atomic E-state index is 0.0682. The van der Waals surface area contributed by atoms with Gasteiger partial charge in [0.25, 0.3) is 0 Å². The second-order valence-electron chi connectivity index (χ2n) is 7.57. The molecular weight excluding hydrogens is 414 g/mol. The van der Waals surface area contributed by atoms with E-state index in [1.54, 1.807) is 0 Å². The monoisotopic (exact) mass is 443 g/mol. The van der Waals surface area contributed by atoms with Crippen molar-refractivity contribution in [2.24, 2.45) is 0 Å². The second-order valence-corrected chi connectivity index (χ2v) is 9.69. The lowest BCUT2D eigenvalue weighted by atomic mass is 9.94. The largest absolute Gasteiger partial charge is 0.468 e. The summed E-state index contributed by atoms with van der Waals surface area (Å²) in [6.45, 7) is 2.81. The number of carbonyl (C=O) groups is 1. The van der Waals surface area contributed by atoms with E-state index in [1.807, 2.05) is 24.3 Å². The lowest BCUT2D eigenvalue weighted by Crippen LogP contribution is -2.45. The highest BCUT2D eigenvalue weighted by atomic mass is 32.2. The zero-order valence-corrected chi connectivity index (χ0v) is 19.0. The average molecular weight is 444 g/mol. The smallest absolute Gasteiger partial charge is 0.325 e. The van der Waals surface area contributed by atoms with E-state index in [1.165, 1.54) is 35.2 Å². The Hall–Kier alpha value is -2.48. The second kappa shape index (κ2) is 10.2. The Kier molecular flexibility index (Phi) is 7.64. The molecule has 0 fully saturated rings. The van der Waals surface area contributed by atoms with Crippen LogP contribution in [0.15, 0.2) is 54.6 Å². The van der Waals surface area contributed by atoms with Gasteiger partial charge in [0.2, 0.25) is 10.0 Å². The third kappa shape index (κ3) is 5.23. The summed E-state index contributed by atoms with van der Waals surface area (Å²) in [5.74, 6) is -0.751. The van der Waals surface area contributed by atoms with E-state index in [4.69, 9.17) is 9.47 Å². The SMILES string of the molecule is COCC[C@H](C(=O)OC)S(=O)(=O)N1CC=C(c2ccc(-c3ccccc3)c(C)c2)CC1. The minimum atomic E-state index is -3.83. The summed E-state index contributed by atoms with van der Waals surface area (Å²) in [4.78, 5) is 12.1. The van der Waals surface area contributed by atoms with Gasteiger partial charge in [-0.25, -0.2) is 8.42 Å². The number of esters is 1. The number of sulfonamides is 1. The van der Waals surface area contributed by atoms with Crippen molar-refractivity contribution >= 4 is 21.6 Å². The lowest BCUT2D eigenvalue weighted by Gasteiger charge is -2.29. The number of hydrogen-bond donors (Lipinski definition) is 0. The Morgan fingerprint density at radius 3 is 2.42 bits per heavy atom. The van der Waals surface area contributed by atoms with Crippen LogP contribution in [0.25, 0.3) is 16.7 Å². The molecule has 0 saturated carbocycles. The van der Waals surface area contributed by atoms with Crippen molar-refractivity contribution in [1.29, 1.82) is 0 Å². The van der Waals surface area contributed by atoms with Gasteiger partial charge in [-0.1, -0.05) is 54.6 Å². The van der Waals surface area contributed by atoms with Gasteiger partial charge in [-0.2, -0.15) is 4.31 Å². The summed E-state index contributed by atoms with van der Waals surface area (Å²) in [7, 11) is -1.15. The van der Waals surface area contributed by atoms with Gasteiger partial charge in [-0.05, 0) is 47.6 Å². The fourth-order valence-corrected chi connectivity index (χ4v) is 5.59. The van der Waals surface area contributed by atoms with Crippen molar-refractivity contribution < 1.29 is 22.7 Å². The zero-order chi connectivity index (χ0) is 22.4. The van der Waals surface area contributed by atoms with Gasteiger partial charge in [-0.15, -0.1) is 0 Å². The van der Waals surface area contributed by atoms with Crippen molar-refractivity contribution in [3.63, 3.8) is 0 Å². The Morgan fingerprint density at radius 2 is 1.84 bits per heavy atom. The maximum Gasteiger partial charge on any atom is 0.325 e. The molecule has 0 radical (unpaired) electrons. The first-order chi connectivity index (χ1) is 14.9. The predicted molar refractivity (Wildman–Crippen MR) is 122 cm³/mol. The average Bonchev–Trinajstić information content (AvgIpc) is 2.79. The van der Waals surface area contributed by atoms with Gasteiger partial charge in [0.15, 0.2) is 5.25 Å². The van der Waals surface area contributed by atoms with Crippen LogP contribution in [0.2, 0.25) is 0 Å². The first-order valence-electron chi connectivity index (χ1n) is 10.3. The molecule has 3 rings (SSSR count). The summed E-state index contributed by atoms with van der Waals surface area (Å²) in [5.41, 5.74) is 5.74. The Labute approximate surface area is 184 Å². The Bertz CT molecular complexity index is 1050. The molecule has 0 N–H and O–H groups in total. The number of nitrogens with zero attached hydrogens (tertiary/aromatic N) is 1. The van der Waals surface area contributed by atoms with Crippen LogP contribution in [-0.2, 0) is 24.3 Å². The molecule has 2 aromatic rings. The van der Waals surface area contributed by atoms with Crippen LogP contribution in [0, 0.1) is 6.92 Å². The Morgan fingerprint density at radius 1 is 1.10 bits per heavy atom. The molecule has 7 heteroatoms. The highest BCUT2D eigenvalue weighted by Gasteiger charge is 2.38. The van der Waals surface area contributed by atoms with Crippen LogP contribution >= 0.6 is 0 Å². The number of methoxy groups -OCH3 is 2. The van der Waals surface area contributed by atoms with Gasteiger partial charge >= 0.3 is 5.97 Å². The molecular formula is C24H29NO5S. The van der Waals surface area contributed by atoms with E-state index in [-0.39, 0.29) is 19.6 Å². The van der Waals surface area contributed by atoms with Gasteiger partial charge in [0.05, 0.1) is 7.11 Å². The molecule has 0 bridgehead atoms. The Balaban J connectivity index is 1.77. The zero-order valence-electron chi connectivity index (χ0n) is 18.2. The van der Waals surface area contributed by atoms with E-state index >= 15 is 0 Å². The molecule has 0 unspecified atom stereocenters. The molecule has 31 heavy (non-hydrogen) atoms. The van der Waals surface area contributed by atoms with E-state index in [9.17, 15) is 13.2 Å². The van der Waals surface area contributed by atoms with E-state index < -0.39 is 21.2 Å². The quantitative estimate of drug-likeness (QED) is 0.582. The summed E-state index contributed by atoms with van der Waals surface area (Å²) < 4.78 is 37.1. The van der Waals surface area contributed by atoms with E-state index in [2.05, 4.69) is 37.3 Å². The highest BCUT2D eigenvalue weighted by molar-refractivity contribution is 7.90. The summed E-state index contributed by atoms with van der Waals surface area (Å²) in [6, 6.07) is 16.6. The van der Waals surface area contributed by atoms with Crippen LogP contribution < -0.4 is 0 Å². The molecule has 0 amide bonds. The third-order valence-electron chi connectivity index (χ3n) is 5.62. The maximum atomic E-state index is 13.0. The molecule has 0 aromatic heterocycles. The summed E-state index contributed by atoms with van der Waals surface area (Å²) in [5, 5.41) is -1.25. The lowest BCUT2D eigenvalue weighted by molar-refractivity contribution is -0.140. The highest BCUT2D eigenvalue weighted by Crippen LogP contribution is 2.30. The van der Waals surface area contributed by atoms with Gasteiger partial charge in [-0.3, -0.25) is 4.79 Å². The molecule has 6 nitrogen and oxygen atoms in total. The topological polar surface area (TPSA) is 72.9 Å². The fourth-order valence-electron chi connectivity index (χ4n) is 3.87. The van der Waals surface area contributed by atoms with Crippen molar-refractivity contribution in [3.05, 3.63) is 65.7 Å². The summed E-state index contributed by atoms with van der Waals surface area (Å²) >= 11 is 0. The first-order valence-corrected chi connectivity index (χ1v) is 11.8. The number of hydrogen-bond acceptors (Lipinski definition) is 5. The molecule has 166 valence electrons. The molecule has 0 saturated heterocycles. The predicted octanol–water partition coefficient (Wildman–Crippen LogP) is 3.66. The van der Waals surface area contributed by atoms with Crippen molar-refractivity contribution in [2.75, 3.05) is 33.9 Å². The first kappa shape index (κ1) is 23.2. The number of rotatable bonds is 8. The number of carbonyl (C=O) groups excluding carboxylic acids is 1. The maximum absolute atomic E-state index is 13.0. The van der Waals surface area contributed by atoms with Gasteiger partial charge in [0, 0.05) is 26.8 Å². The van der Waals surface area contributed by atoms with Gasteiger partial charge in [0.1, 0.15) is 0 Å². The number of ether oxygens (including phenoxy) is 2. The van der Waals surface area contributed by atoms with E-state index in [0.29, 0.717) is 13.0 Å². The fraction of sp³-hybridized carbons (Fsp3) is 0.375. The standard InChI is InChI=1S/C24H29NO5S/c1-18-17-21(9-10-22(18)20-7-5-4-6-8-20)19-11-14-25(15-12-19)31(27,28)23(13-16-29-2)24(26)30-3/h4-11,17,23H,12-16H2,1-3H3/t23-/m1/s1. The van der Waals surface area contributed by atoms with Crippen LogP contribution in [-0.4, -0.2) is 57.9 Å². The van der Waals surface area contributed by atoms with Crippen LogP contribution in [0.5, 0.6) is 0 Å².